The zero-order valence-electron chi connectivity index (χ0n) is 11.9. The van der Waals surface area contributed by atoms with E-state index in [4.69, 9.17) is 9.05 Å². The van der Waals surface area contributed by atoms with Crippen molar-refractivity contribution in [2.24, 2.45) is 0 Å². The van der Waals surface area contributed by atoms with Crippen LogP contribution in [0.5, 0.6) is 0 Å². The molecule has 1 aliphatic rings. The summed E-state index contributed by atoms with van der Waals surface area (Å²) in [5.74, 6) is -0.109. The first-order valence-electron chi connectivity index (χ1n) is 6.58. The van der Waals surface area contributed by atoms with E-state index in [2.05, 4.69) is 0 Å². The molecule has 0 N–H and O–H groups in total. The molecule has 1 unspecified atom stereocenters. The van der Waals surface area contributed by atoms with Crippen LogP contribution in [0.1, 0.15) is 41.0 Å². The molecule has 0 bridgehead atoms. The number of hydrogen-bond acceptors (Lipinski definition) is 4. The van der Waals surface area contributed by atoms with E-state index in [0.717, 1.165) is 0 Å². The summed E-state index contributed by atoms with van der Waals surface area (Å²) in [6.45, 7) is 9.99. The second-order valence-electron chi connectivity index (χ2n) is 4.82. The Morgan fingerprint density at radius 3 is 2.17 bits per heavy atom. The quantitative estimate of drug-likeness (QED) is 0.700. The van der Waals surface area contributed by atoms with Crippen LogP contribution in [-0.4, -0.2) is 41.8 Å². The Morgan fingerprint density at radius 2 is 1.83 bits per heavy atom. The molecular formula is C12H24NO4P. The molecule has 1 saturated heterocycles. The van der Waals surface area contributed by atoms with Crippen LogP contribution >= 0.6 is 7.60 Å². The largest absolute Gasteiger partial charge is 0.343 e. The summed E-state index contributed by atoms with van der Waals surface area (Å²) in [7, 11) is -3.33. The van der Waals surface area contributed by atoms with Crippen molar-refractivity contribution in [1.29, 1.82) is 0 Å². The monoisotopic (exact) mass is 277 g/mol. The first-order valence-corrected chi connectivity index (χ1v) is 8.19. The Balaban J connectivity index is 2.95. The number of rotatable bonds is 6. The van der Waals surface area contributed by atoms with Gasteiger partial charge in [0, 0.05) is 12.1 Å². The molecule has 1 rings (SSSR count). The fourth-order valence-electron chi connectivity index (χ4n) is 2.53. The van der Waals surface area contributed by atoms with Crippen molar-refractivity contribution in [3.8, 4) is 0 Å². The third kappa shape index (κ3) is 2.95. The van der Waals surface area contributed by atoms with Crippen molar-refractivity contribution in [2.75, 3.05) is 13.2 Å². The van der Waals surface area contributed by atoms with Gasteiger partial charge in [0.05, 0.1) is 13.2 Å². The second-order valence-corrected chi connectivity index (χ2v) is 7.03. The van der Waals surface area contributed by atoms with Crippen LogP contribution in [0.2, 0.25) is 0 Å². The topological polar surface area (TPSA) is 55.8 Å². The number of amides is 1. The van der Waals surface area contributed by atoms with E-state index in [1.807, 2.05) is 20.8 Å². The fraction of sp³-hybridized carbons (Fsp3) is 0.917. The van der Waals surface area contributed by atoms with Crippen LogP contribution in [0.15, 0.2) is 0 Å². The second kappa shape index (κ2) is 6.18. The lowest BCUT2D eigenvalue weighted by Gasteiger charge is -2.26. The summed E-state index contributed by atoms with van der Waals surface area (Å²) in [5.41, 5.74) is -0.644. The molecule has 2 atom stereocenters. The minimum Gasteiger partial charge on any atom is -0.337 e. The molecule has 1 aliphatic heterocycles. The molecule has 1 heterocycles. The van der Waals surface area contributed by atoms with Crippen LogP contribution in [0.3, 0.4) is 0 Å². The standard InChI is InChI=1S/C12H24NO4P/c1-6-16-18(15,17-7-2)11-8-10(5)13(9(3)4)12(11)14/h9-11H,6-8H2,1-5H3/t10?,11-/m1/s1. The molecule has 0 aliphatic carbocycles. The molecule has 0 spiro atoms. The lowest BCUT2D eigenvalue weighted by molar-refractivity contribution is -0.130. The van der Waals surface area contributed by atoms with Gasteiger partial charge in [0.2, 0.25) is 5.91 Å². The molecule has 0 aromatic heterocycles. The summed E-state index contributed by atoms with van der Waals surface area (Å²) in [6.07, 6.45) is 0.536. The van der Waals surface area contributed by atoms with Crippen molar-refractivity contribution in [2.45, 2.75) is 58.8 Å². The van der Waals surface area contributed by atoms with E-state index in [-0.39, 0.29) is 31.2 Å². The van der Waals surface area contributed by atoms with Gasteiger partial charge in [-0.1, -0.05) is 0 Å². The Kier molecular flexibility index (Phi) is 5.38. The number of nitrogens with zero attached hydrogens (tertiary/aromatic N) is 1. The number of carbonyl (C=O) groups is 1. The van der Waals surface area contributed by atoms with E-state index in [1.165, 1.54) is 0 Å². The molecule has 1 fully saturated rings. The maximum absolute atomic E-state index is 12.6. The van der Waals surface area contributed by atoms with Crippen LogP contribution in [0.4, 0.5) is 0 Å². The van der Waals surface area contributed by atoms with Crippen LogP contribution in [0, 0.1) is 0 Å². The molecule has 0 aromatic carbocycles. The Hall–Kier alpha value is -0.380. The van der Waals surface area contributed by atoms with E-state index in [9.17, 15) is 9.36 Å². The summed E-state index contributed by atoms with van der Waals surface area (Å²) >= 11 is 0. The molecule has 0 aromatic rings. The van der Waals surface area contributed by atoms with Gasteiger partial charge in [0.1, 0.15) is 5.66 Å². The minimum absolute atomic E-state index is 0.0803. The lowest BCUT2D eigenvalue weighted by Crippen LogP contribution is -2.39. The summed E-state index contributed by atoms with van der Waals surface area (Å²) in [4.78, 5) is 14.1. The van der Waals surface area contributed by atoms with E-state index in [1.54, 1.807) is 18.7 Å². The van der Waals surface area contributed by atoms with Crippen LogP contribution in [0.25, 0.3) is 0 Å². The highest BCUT2D eigenvalue weighted by Crippen LogP contribution is 2.57. The molecule has 6 heteroatoms. The first-order chi connectivity index (χ1) is 8.37. The van der Waals surface area contributed by atoms with Gasteiger partial charge in [0.15, 0.2) is 0 Å². The van der Waals surface area contributed by atoms with E-state index < -0.39 is 13.3 Å². The third-order valence-electron chi connectivity index (χ3n) is 3.13. The van der Waals surface area contributed by atoms with Gasteiger partial charge in [0.25, 0.3) is 0 Å². The SMILES string of the molecule is CCOP(=O)(OCC)[C@@H]1CC(C)N(C(C)C)C1=O. The van der Waals surface area contributed by atoms with Crippen LogP contribution < -0.4 is 0 Å². The highest BCUT2D eigenvalue weighted by atomic mass is 31.2. The summed E-state index contributed by atoms with van der Waals surface area (Å²) < 4.78 is 23.2. The molecule has 0 saturated carbocycles. The zero-order valence-corrected chi connectivity index (χ0v) is 12.8. The number of likely N-dealkylation sites (tertiary alicyclic amines) is 1. The van der Waals surface area contributed by atoms with Gasteiger partial charge in [-0.3, -0.25) is 9.36 Å². The Morgan fingerprint density at radius 1 is 1.33 bits per heavy atom. The molecule has 5 nitrogen and oxygen atoms in total. The van der Waals surface area contributed by atoms with Crippen molar-refractivity contribution in [1.82, 2.24) is 4.90 Å². The van der Waals surface area contributed by atoms with Gasteiger partial charge >= 0.3 is 7.60 Å². The van der Waals surface area contributed by atoms with Crippen molar-refractivity contribution in [3.05, 3.63) is 0 Å². The fourth-order valence-corrected chi connectivity index (χ4v) is 4.65. The first kappa shape index (κ1) is 15.7. The highest BCUT2D eigenvalue weighted by Gasteiger charge is 2.50. The predicted octanol–water partition coefficient (Wildman–Crippen LogP) is 2.65. The number of hydrogen-bond donors (Lipinski definition) is 0. The molecule has 0 radical (unpaired) electrons. The highest BCUT2D eigenvalue weighted by molar-refractivity contribution is 7.55. The molecule has 106 valence electrons. The molecule has 18 heavy (non-hydrogen) atoms. The minimum atomic E-state index is -3.33. The zero-order chi connectivity index (χ0) is 13.9. The van der Waals surface area contributed by atoms with E-state index in [0.29, 0.717) is 6.42 Å². The average Bonchev–Trinajstić information content (AvgIpc) is 2.55. The molecule has 1 amide bonds. The van der Waals surface area contributed by atoms with Gasteiger partial charge in [-0.15, -0.1) is 0 Å². The maximum atomic E-state index is 12.6. The number of carbonyl (C=O) groups excluding carboxylic acids is 1. The summed E-state index contributed by atoms with van der Waals surface area (Å²) in [6, 6.07) is 0.186. The van der Waals surface area contributed by atoms with Crippen molar-refractivity contribution < 1.29 is 18.4 Å². The van der Waals surface area contributed by atoms with Gasteiger partial charge < -0.3 is 13.9 Å². The van der Waals surface area contributed by atoms with Crippen molar-refractivity contribution >= 4 is 13.5 Å². The van der Waals surface area contributed by atoms with Gasteiger partial charge in [-0.25, -0.2) is 0 Å². The van der Waals surface area contributed by atoms with E-state index >= 15 is 0 Å². The van der Waals surface area contributed by atoms with Gasteiger partial charge in [-0.2, -0.15) is 0 Å². The Labute approximate surface area is 109 Å². The van der Waals surface area contributed by atoms with Crippen molar-refractivity contribution in [3.63, 3.8) is 0 Å². The van der Waals surface area contributed by atoms with Gasteiger partial charge in [-0.05, 0) is 41.0 Å². The normalized spacial score (nSPS) is 25.2. The predicted molar refractivity (Wildman–Crippen MR) is 70.7 cm³/mol. The lowest BCUT2D eigenvalue weighted by atomic mass is 10.2. The Bertz CT molecular complexity index is 335. The smallest absolute Gasteiger partial charge is 0.337 e. The third-order valence-corrected chi connectivity index (χ3v) is 5.57. The average molecular weight is 277 g/mol. The summed E-state index contributed by atoms with van der Waals surface area (Å²) in [5, 5.41) is 0. The van der Waals surface area contributed by atoms with Crippen LogP contribution in [-0.2, 0) is 18.4 Å². The maximum Gasteiger partial charge on any atom is 0.343 e. The molecular weight excluding hydrogens is 253 g/mol.